The average Bonchev–Trinajstić information content (AvgIpc) is 2.70. The number of anilines is 2. The summed E-state index contributed by atoms with van der Waals surface area (Å²) in [6, 6.07) is 9.66. The van der Waals surface area contributed by atoms with E-state index in [1.807, 2.05) is 37.3 Å². The van der Waals surface area contributed by atoms with Gasteiger partial charge in [-0.2, -0.15) is 0 Å². The lowest BCUT2D eigenvalue weighted by atomic mass is 9.93. The number of benzene rings is 1. The number of amides is 1. The summed E-state index contributed by atoms with van der Waals surface area (Å²) in [5.74, 6) is 2.02. The maximum Gasteiger partial charge on any atom is 0.224 e. The molecule has 1 atom stereocenters. The molecule has 2 aromatic rings. The number of piperidine rings is 1. The van der Waals surface area contributed by atoms with Crippen molar-refractivity contribution in [1.82, 2.24) is 9.88 Å². The molecule has 150 valence electrons. The van der Waals surface area contributed by atoms with Gasteiger partial charge in [0.05, 0.1) is 7.11 Å². The zero-order valence-corrected chi connectivity index (χ0v) is 16.8. The van der Waals surface area contributed by atoms with Crippen molar-refractivity contribution in [2.75, 3.05) is 31.2 Å². The lowest BCUT2D eigenvalue weighted by molar-refractivity contribution is -0.116. The van der Waals surface area contributed by atoms with E-state index >= 15 is 0 Å². The van der Waals surface area contributed by atoms with Crippen LogP contribution in [0.2, 0.25) is 0 Å². The topological polar surface area (TPSA) is 80.5 Å². The van der Waals surface area contributed by atoms with Crippen LogP contribution < -0.4 is 15.8 Å². The van der Waals surface area contributed by atoms with Crippen LogP contribution in [0.1, 0.15) is 36.8 Å². The van der Waals surface area contributed by atoms with E-state index in [1.54, 1.807) is 13.3 Å². The number of aromatic nitrogens is 1. The molecular formula is C22H30N4O2. The highest BCUT2D eigenvalue weighted by molar-refractivity contribution is 5.91. The molecule has 1 aromatic heterocycles. The van der Waals surface area contributed by atoms with Gasteiger partial charge in [0.2, 0.25) is 5.91 Å². The van der Waals surface area contributed by atoms with Gasteiger partial charge in [0, 0.05) is 37.0 Å². The third kappa shape index (κ3) is 5.45. The van der Waals surface area contributed by atoms with E-state index in [0.717, 1.165) is 55.0 Å². The van der Waals surface area contributed by atoms with E-state index in [1.165, 1.54) is 6.42 Å². The Morgan fingerprint density at radius 3 is 3.00 bits per heavy atom. The lowest BCUT2D eigenvalue weighted by Gasteiger charge is -2.32. The van der Waals surface area contributed by atoms with E-state index in [2.05, 4.69) is 15.2 Å². The van der Waals surface area contributed by atoms with Gasteiger partial charge in [-0.1, -0.05) is 6.07 Å². The first-order chi connectivity index (χ1) is 13.5. The lowest BCUT2D eigenvalue weighted by Crippen LogP contribution is -2.35. The van der Waals surface area contributed by atoms with Crippen molar-refractivity contribution >= 4 is 17.4 Å². The summed E-state index contributed by atoms with van der Waals surface area (Å²) in [5.41, 5.74) is 8.91. The monoisotopic (exact) mass is 382 g/mol. The number of nitrogens with two attached hydrogens (primary N) is 1. The maximum atomic E-state index is 12.4. The number of carbonyl (C=O) groups is 1. The van der Waals surface area contributed by atoms with E-state index in [0.29, 0.717) is 18.2 Å². The van der Waals surface area contributed by atoms with E-state index in [-0.39, 0.29) is 5.91 Å². The number of pyridine rings is 1. The molecule has 0 saturated carbocycles. The minimum absolute atomic E-state index is 0.0712. The molecule has 1 unspecified atom stereocenters. The van der Waals surface area contributed by atoms with Crippen molar-refractivity contribution in [2.24, 2.45) is 5.92 Å². The summed E-state index contributed by atoms with van der Waals surface area (Å²) in [6.07, 6.45) is 5.50. The summed E-state index contributed by atoms with van der Waals surface area (Å²) in [6.45, 7) is 4.87. The predicted octanol–water partition coefficient (Wildman–Crippen LogP) is 3.61. The van der Waals surface area contributed by atoms with Crippen LogP contribution in [0.5, 0.6) is 5.75 Å². The van der Waals surface area contributed by atoms with E-state index < -0.39 is 0 Å². The van der Waals surface area contributed by atoms with Crippen molar-refractivity contribution in [2.45, 2.75) is 39.2 Å². The standard InChI is InChI=1S/C22H30N4O2/c1-16-13-19(28-2)8-9-20(16)25-21(27)10-7-17-5-4-12-26(14-17)15-18-6-3-11-24-22(18)23/h3,6,8-9,11,13,17H,4-5,7,10,12,14-15H2,1-2H3,(H2,23,24)(H,25,27). The van der Waals surface area contributed by atoms with E-state index in [9.17, 15) is 4.79 Å². The Hall–Kier alpha value is -2.60. The first-order valence-electron chi connectivity index (χ1n) is 9.91. The second-order valence-corrected chi connectivity index (χ2v) is 7.56. The Balaban J connectivity index is 1.47. The molecule has 1 saturated heterocycles. The Labute approximate surface area is 167 Å². The molecule has 3 rings (SSSR count). The van der Waals surface area contributed by atoms with Gasteiger partial charge < -0.3 is 15.8 Å². The fourth-order valence-electron chi connectivity index (χ4n) is 3.81. The Kier molecular flexibility index (Phi) is 6.87. The Bertz CT molecular complexity index is 809. The molecule has 1 aliphatic rings. The number of likely N-dealkylation sites (tertiary alicyclic amines) is 1. The molecule has 3 N–H and O–H groups in total. The van der Waals surface area contributed by atoms with Gasteiger partial charge in [0.25, 0.3) is 0 Å². The molecule has 0 aliphatic carbocycles. The van der Waals surface area contributed by atoms with Crippen molar-refractivity contribution in [1.29, 1.82) is 0 Å². The highest BCUT2D eigenvalue weighted by atomic mass is 16.5. The minimum Gasteiger partial charge on any atom is -0.497 e. The molecule has 1 amide bonds. The van der Waals surface area contributed by atoms with E-state index in [4.69, 9.17) is 10.5 Å². The maximum absolute atomic E-state index is 12.4. The third-order valence-electron chi connectivity index (χ3n) is 5.41. The first kappa shape index (κ1) is 20.1. The number of nitrogens with one attached hydrogen (secondary N) is 1. The van der Waals surface area contributed by atoms with Crippen molar-refractivity contribution in [3.05, 3.63) is 47.7 Å². The Morgan fingerprint density at radius 1 is 1.39 bits per heavy atom. The highest BCUT2D eigenvalue weighted by Gasteiger charge is 2.21. The number of nitrogens with zero attached hydrogens (tertiary/aromatic N) is 2. The van der Waals surface area contributed by atoms with Gasteiger partial charge in [-0.25, -0.2) is 4.98 Å². The normalized spacial score (nSPS) is 17.3. The SMILES string of the molecule is COc1ccc(NC(=O)CCC2CCCN(Cc3cccnc3N)C2)c(C)c1. The summed E-state index contributed by atoms with van der Waals surface area (Å²) in [4.78, 5) is 19.0. The second-order valence-electron chi connectivity index (χ2n) is 7.56. The quantitative estimate of drug-likeness (QED) is 0.765. The average molecular weight is 383 g/mol. The number of nitrogen functional groups attached to an aromatic ring is 1. The number of hydrogen-bond donors (Lipinski definition) is 2. The predicted molar refractivity (Wildman–Crippen MR) is 112 cm³/mol. The molecule has 28 heavy (non-hydrogen) atoms. The van der Waals surface area contributed by atoms with Crippen LogP contribution in [0.3, 0.4) is 0 Å². The van der Waals surface area contributed by atoms with Crippen LogP contribution in [-0.4, -0.2) is 36.0 Å². The summed E-state index contributed by atoms with van der Waals surface area (Å²) < 4.78 is 5.21. The van der Waals surface area contributed by atoms with Crippen molar-refractivity contribution in [3.63, 3.8) is 0 Å². The van der Waals surface area contributed by atoms with Crippen LogP contribution in [0.25, 0.3) is 0 Å². The van der Waals surface area contributed by atoms with Crippen LogP contribution >= 0.6 is 0 Å². The summed E-state index contributed by atoms with van der Waals surface area (Å²) >= 11 is 0. The van der Waals surface area contributed by atoms with Crippen LogP contribution in [0, 0.1) is 12.8 Å². The first-order valence-corrected chi connectivity index (χ1v) is 9.91. The molecule has 2 heterocycles. The second kappa shape index (κ2) is 9.55. The number of hydrogen-bond acceptors (Lipinski definition) is 5. The van der Waals surface area contributed by atoms with Crippen LogP contribution in [0.4, 0.5) is 11.5 Å². The molecule has 1 aliphatic heterocycles. The van der Waals surface area contributed by atoms with Gasteiger partial charge in [-0.05, 0) is 68.5 Å². The zero-order valence-electron chi connectivity index (χ0n) is 16.8. The smallest absolute Gasteiger partial charge is 0.224 e. The molecular weight excluding hydrogens is 352 g/mol. The largest absolute Gasteiger partial charge is 0.497 e. The molecule has 0 spiro atoms. The highest BCUT2D eigenvalue weighted by Crippen LogP contribution is 2.25. The van der Waals surface area contributed by atoms with Gasteiger partial charge >= 0.3 is 0 Å². The number of ether oxygens (including phenoxy) is 1. The molecule has 0 radical (unpaired) electrons. The summed E-state index contributed by atoms with van der Waals surface area (Å²) in [7, 11) is 1.64. The number of aryl methyl sites for hydroxylation is 1. The number of rotatable bonds is 7. The van der Waals surface area contributed by atoms with Gasteiger partial charge in [-0.15, -0.1) is 0 Å². The fraction of sp³-hybridized carbons (Fsp3) is 0.455. The molecule has 0 bridgehead atoms. The molecule has 1 fully saturated rings. The van der Waals surface area contributed by atoms with Crippen molar-refractivity contribution in [3.8, 4) is 5.75 Å². The molecule has 6 heteroatoms. The zero-order chi connectivity index (χ0) is 19.9. The summed E-state index contributed by atoms with van der Waals surface area (Å²) in [5, 5.41) is 3.03. The fourth-order valence-corrected chi connectivity index (χ4v) is 3.81. The third-order valence-corrected chi connectivity index (χ3v) is 5.41. The number of methoxy groups -OCH3 is 1. The van der Waals surface area contributed by atoms with Gasteiger partial charge in [0.15, 0.2) is 0 Å². The molecule has 6 nitrogen and oxygen atoms in total. The Morgan fingerprint density at radius 2 is 2.25 bits per heavy atom. The van der Waals surface area contributed by atoms with Gasteiger partial charge in [-0.3, -0.25) is 9.69 Å². The van der Waals surface area contributed by atoms with Crippen LogP contribution in [0.15, 0.2) is 36.5 Å². The number of carbonyl (C=O) groups excluding carboxylic acids is 1. The van der Waals surface area contributed by atoms with Crippen molar-refractivity contribution < 1.29 is 9.53 Å². The van der Waals surface area contributed by atoms with Crippen LogP contribution in [-0.2, 0) is 11.3 Å². The minimum atomic E-state index is 0.0712. The van der Waals surface area contributed by atoms with Gasteiger partial charge in [0.1, 0.15) is 11.6 Å². The molecule has 1 aromatic carbocycles.